The molecule has 0 spiro atoms. The van der Waals surface area contributed by atoms with Gasteiger partial charge in [0.2, 0.25) is 5.88 Å². The van der Waals surface area contributed by atoms with Crippen LogP contribution in [0.2, 0.25) is 0 Å². The van der Waals surface area contributed by atoms with Gasteiger partial charge in [-0.1, -0.05) is 23.8 Å². The minimum absolute atomic E-state index is 0.136. The number of aromatic nitrogens is 3. The molecular formula is C30H25N3O2. The first-order valence-electron chi connectivity index (χ1n) is 11.6. The van der Waals surface area contributed by atoms with E-state index in [9.17, 15) is 5.11 Å². The standard InChI is InChI=1S/C30H25N3O2/c1-17-8-10-24-22(12-17)23-13-19(3)27(15-25(23)33(24)28-14-18(2)20(4)16-31-28)35-29-11-9-21-6-5-7-26(34)30(21)32-29/h5-16,34H,1-4H3. The molecule has 0 fully saturated rings. The first-order valence-corrected chi connectivity index (χ1v) is 11.6. The van der Waals surface area contributed by atoms with Crippen LogP contribution in [0.3, 0.4) is 0 Å². The fourth-order valence-electron chi connectivity index (χ4n) is 4.64. The highest BCUT2D eigenvalue weighted by atomic mass is 16.5. The Hall–Kier alpha value is -4.38. The fourth-order valence-corrected chi connectivity index (χ4v) is 4.64. The van der Waals surface area contributed by atoms with Crippen LogP contribution >= 0.6 is 0 Å². The molecule has 35 heavy (non-hydrogen) atoms. The predicted molar refractivity (Wildman–Crippen MR) is 141 cm³/mol. The lowest BCUT2D eigenvalue weighted by Crippen LogP contribution is -1.99. The molecule has 0 aliphatic heterocycles. The second-order valence-corrected chi connectivity index (χ2v) is 9.22. The van der Waals surface area contributed by atoms with Crippen LogP contribution in [0.15, 0.2) is 72.9 Å². The number of para-hydroxylation sites is 1. The number of hydrogen-bond acceptors (Lipinski definition) is 4. The molecule has 0 saturated carbocycles. The molecule has 3 aromatic carbocycles. The molecule has 0 aliphatic carbocycles. The summed E-state index contributed by atoms with van der Waals surface area (Å²) in [4.78, 5) is 9.32. The quantitative estimate of drug-likeness (QED) is 0.298. The maximum absolute atomic E-state index is 10.2. The number of phenolic OH excluding ortho intramolecular Hbond substituents is 1. The molecule has 3 aromatic heterocycles. The van der Waals surface area contributed by atoms with Crippen molar-refractivity contribution in [2.24, 2.45) is 0 Å². The van der Waals surface area contributed by atoms with Crippen molar-refractivity contribution < 1.29 is 9.84 Å². The monoisotopic (exact) mass is 459 g/mol. The Bertz CT molecular complexity index is 1780. The summed E-state index contributed by atoms with van der Waals surface area (Å²) >= 11 is 0. The summed E-state index contributed by atoms with van der Waals surface area (Å²) < 4.78 is 8.47. The van der Waals surface area contributed by atoms with Gasteiger partial charge in [0.1, 0.15) is 22.8 Å². The summed E-state index contributed by atoms with van der Waals surface area (Å²) in [5.74, 6) is 2.16. The third kappa shape index (κ3) is 3.48. The number of phenols is 1. The van der Waals surface area contributed by atoms with Crippen LogP contribution in [-0.2, 0) is 0 Å². The van der Waals surface area contributed by atoms with Crippen LogP contribution in [0.25, 0.3) is 38.5 Å². The first kappa shape index (κ1) is 21.2. The van der Waals surface area contributed by atoms with E-state index in [-0.39, 0.29) is 5.75 Å². The normalized spacial score (nSPS) is 11.5. The smallest absolute Gasteiger partial charge is 0.219 e. The molecule has 0 amide bonds. The second-order valence-electron chi connectivity index (χ2n) is 9.22. The molecule has 0 radical (unpaired) electrons. The topological polar surface area (TPSA) is 60.2 Å². The molecular weight excluding hydrogens is 434 g/mol. The minimum atomic E-state index is 0.136. The van der Waals surface area contributed by atoms with Crippen molar-refractivity contribution in [1.82, 2.24) is 14.5 Å². The number of rotatable bonds is 3. The highest BCUT2D eigenvalue weighted by Crippen LogP contribution is 2.38. The number of hydrogen-bond donors (Lipinski definition) is 1. The van der Waals surface area contributed by atoms with Crippen molar-refractivity contribution in [2.45, 2.75) is 27.7 Å². The zero-order chi connectivity index (χ0) is 24.3. The molecule has 0 bridgehead atoms. The number of nitrogens with zero attached hydrogens (tertiary/aromatic N) is 3. The number of benzene rings is 3. The van der Waals surface area contributed by atoms with Crippen LogP contribution in [0.4, 0.5) is 0 Å². The minimum Gasteiger partial charge on any atom is -0.506 e. The molecule has 0 atom stereocenters. The Labute approximate surface area is 203 Å². The van der Waals surface area contributed by atoms with Gasteiger partial charge < -0.3 is 9.84 Å². The Morgan fingerprint density at radius 1 is 0.771 bits per heavy atom. The number of ether oxygens (including phenoxy) is 1. The molecule has 0 aliphatic rings. The van der Waals surface area contributed by atoms with Crippen molar-refractivity contribution >= 4 is 32.7 Å². The van der Waals surface area contributed by atoms with Gasteiger partial charge in [-0.25, -0.2) is 9.97 Å². The fraction of sp³-hybridized carbons (Fsp3) is 0.133. The van der Waals surface area contributed by atoms with Crippen LogP contribution < -0.4 is 4.74 Å². The van der Waals surface area contributed by atoms with E-state index in [0.717, 1.165) is 38.8 Å². The van der Waals surface area contributed by atoms with Crippen molar-refractivity contribution in [1.29, 1.82) is 0 Å². The second kappa shape index (κ2) is 7.84. The lowest BCUT2D eigenvalue weighted by atomic mass is 10.1. The van der Waals surface area contributed by atoms with Gasteiger partial charge in [-0.15, -0.1) is 0 Å². The summed E-state index contributed by atoms with van der Waals surface area (Å²) in [6.45, 7) is 8.34. The van der Waals surface area contributed by atoms with Gasteiger partial charge in [0.15, 0.2) is 0 Å². The molecule has 5 nitrogen and oxygen atoms in total. The van der Waals surface area contributed by atoms with Gasteiger partial charge in [0, 0.05) is 34.5 Å². The summed E-state index contributed by atoms with van der Waals surface area (Å²) in [5.41, 5.74) is 7.22. The van der Waals surface area contributed by atoms with Gasteiger partial charge in [-0.05, 0) is 80.8 Å². The maximum Gasteiger partial charge on any atom is 0.219 e. The van der Waals surface area contributed by atoms with E-state index in [4.69, 9.17) is 9.72 Å². The molecule has 6 aromatic rings. The molecule has 6 rings (SSSR count). The summed E-state index contributed by atoms with van der Waals surface area (Å²) in [7, 11) is 0. The summed E-state index contributed by atoms with van der Waals surface area (Å²) in [6, 6.07) is 22.0. The zero-order valence-electron chi connectivity index (χ0n) is 20.1. The lowest BCUT2D eigenvalue weighted by molar-refractivity contribution is 0.457. The Kier molecular flexibility index (Phi) is 4.74. The van der Waals surface area contributed by atoms with Crippen molar-refractivity contribution in [3.8, 4) is 23.2 Å². The summed E-state index contributed by atoms with van der Waals surface area (Å²) in [6.07, 6.45) is 1.92. The zero-order valence-corrected chi connectivity index (χ0v) is 20.1. The molecule has 1 N–H and O–H groups in total. The third-order valence-electron chi connectivity index (χ3n) is 6.69. The van der Waals surface area contributed by atoms with Crippen LogP contribution in [-0.4, -0.2) is 19.6 Å². The summed E-state index contributed by atoms with van der Waals surface area (Å²) in [5, 5.41) is 13.4. The molecule has 0 unspecified atom stereocenters. The van der Waals surface area contributed by atoms with Crippen molar-refractivity contribution in [3.63, 3.8) is 0 Å². The van der Waals surface area contributed by atoms with Crippen LogP contribution in [0.1, 0.15) is 22.3 Å². The van der Waals surface area contributed by atoms with Crippen LogP contribution in [0, 0.1) is 27.7 Å². The molecule has 172 valence electrons. The molecule has 3 heterocycles. The largest absolute Gasteiger partial charge is 0.506 e. The SMILES string of the molecule is Cc1ccc2c(c1)c1cc(C)c(Oc3ccc4cccc(O)c4n3)cc1n2-c1cc(C)c(C)cn1. The predicted octanol–water partition coefficient (Wildman–Crippen LogP) is 7.46. The Morgan fingerprint density at radius 3 is 2.43 bits per heavy atom. The van der Waals surface area contributed by atoms with E-state index in [1.54, 1.807) is 12.1 Å². The maximum atomic E-state index is 10.2. The van der Waals surface area contributed by atoms with E-state index in [1.165, 1.54) is 16.5 Å². The van der Waals surface area contributed by atoms with Gasteiger partial charge in [-0.2, -0.15) is 0 Å². The van der Waals surface area contributed by atoms with E-state index in [0.29, 0.717) is 17.1 Å². The average Bonchev–Trinajstić information content (AvgIpc) is 3.14. The number of pyridine rings is 2. The van der Waals surface area contributed by atoms with Gasteiger partial charge >= 0.3 is 0 Å². The van der Waals surface area contributed by atoms with Gasteiger partial charge in [0.25, 0.3) is 0 Å². The van der Waals surface area contributed by atoms with Crippen LogP contribution in [0.5, 0.6) is 17.4 Å². The molecule has 5 heteroatoms. The first-order chi connectivity index (χ1) is 16.9. The van der Waals surface area contributed by atoms with E-state index >= 15 is 0 Å². The van der Waals surface area contributed by atoms with E-state index < -0.39 is 0 Å². The highest BCUT2D eigenvalue weighted by Gasteiger charge is 2.17. The van der Waals surface area contributed by atoms with Crippen molar-refractivity contribution in [3.05, 3.63) is 95.2 Å². The van der Waals surface area contributed by atoms with E-state index in [1.807, 2.05) is 31.3 Å². The van der Waals surface area contributed by atoms with Gasteiger partial charge in [-0.3, -0.25) is 4.57 Å². The average molecular weight is 460 g/mol. The highest BCUT2D eigenvalue weighted by molar-refractivity contribution is 6.10. The van der Waals surface area contributed by atoms with Crippen molar-refractivity contribution in [2.75, 3.05) is 0 Å². The Balaban J connectivity index is 1.57. The third-order valence-corrected chi connectivity index (χ3v) is 6.69. The molecule has 0 saturated heterocycles. The number of aryl methyl sites for hydroxylation is 4. The number of fused-ring (bicyclic) bond motifs is 4. The number of aromatic hydroxyl groups is 1. The Morgan fingerprint density at radius 2 is 1.60 bits per heavy atom. The lowest BCUT2D eigenvalue weighted by Gasteiger charge is -2.12. The van der Waals surface area contributed by atoms with E-state index in [2.05, 4.69) is 66.7 Å². The van der Waals surface area contributed by atoms with Gasteiger partial charge in [0.05, 0.1) is 11.0 Å².